The van der Waals surface area contributed by atoms with Crippen molar-refractivity contribution in [1.29, 1.82) is 0 Å². The van der Waals surface area contributed by atoms with Crippen molar-refractivity contribution in [2.45, 2.75) is 12.5 Å². The lowest BCUT2D eigenvalue weighted by Gasteiger charge is -2.27. The molecule has 3 rings (SSSR count). The molecule has 1 saturated heterocycles. The second-order valence-electron chi connectivity index (χ2n) is 5.86. The van der Waals surface area contributed by atoms with E-state index in [9.17, 15) is 14.0 Å². The molecule has 0 aliphatic carbocycles. The molecule has 1 aliphatic rings. The summed E-state index contributed by atoms with van der Waals surface area (Å²) in [6, 6.07) is 9.21. The number of carbonyl (C=O) groups is 2. The molecular weight excluding hydrogens is 323 g/mol. The third kappa shape index (κ3) is 4.32. The number of urea groups is 1. The van der Waals surface area contributed by atoms with Crippen molar-refractivity contribution in [3.8, 4) is 0 Å². The molecule has 1 aromatic carbocycles. The fraction of sp³-hybridized carbons (Fsp3) is 0.278. The Balaban J connectivity index is 1.70. The number of hydrogen-bond donors (Lipinski definition) is 2. The zero-order chi connectivity index (χ0) is 17.6. The second-order valence-corrected chi connectivity index (χ2v) is 5.86. The molecule has 1 fully saturated rings. The molecule has 25 heavy (non-hydrogen) atoms. The maximum atomic E-state index is 13.4. The number of carbonyl (C=O) groups excluding carboxylic acids is 2. The quantitative estimate of drug-likeness (QED) is 0.837. The Bertz CT molecular complexity index is 754. The highest BCUT2D eigenvalue weighted by Gasteiger charge is 2.28. The highest BCUT2D eigenvalue weighted by molar-refractivity contribution is 5.93. The van der Waals surface area contributed by atoms with Crippen LogP contribution in [-0.4, -0.2) is 47.5 Å². The van der Waals surface area contributed by atoms with E-state index in [-0.39, 0.29) is 30.3 Å². The Morgan fingerprint density at radius 3 is 2.92 bits per heavy atom. The van der Waals surface area contributed by atoms with Gasteiger partial charge in [0.25, 0.3) is 5.91 Å². The molecule has 2 heterocycles. The first-order chi connectivity index (χ1) is 12.1. The van der Waals surface area contributed by atoms with Crippen LogP contribution in [0.1, 0.15) is 15.9 Å². The van der Waals surface area contributed by atoms with Gasteiger partial charge in [-0.2, -0.15) is 0 Å². The summed E-state index contributed by atoms with van der Waals surface area (Å²) in [4.78, 5) is 29.8. The smallest absolute Gasteiger partial charge is 0.317 e. The summed E-state index contributed by atoms with van der Waals surface area (Å²) in [5.41, 5.74) is 1.23. The molecule has 130 valence electrons. The second kappa shape index (κ2) is 7.74. The average Bonchev–Trinajstić information content (AvgIpc) is 3.05. The SMILES string of the molecule is O=C(NC[C@@H](Cc1cccc(F)c1)N1CCNC1=O)c1cccnc1. The van der Waals surface area contributed by atoms with Gasteiger partial charge in [0.1, 0.15) is 5.82 Å². The van der Waals surface area contributed by atoms with Crippen LogP contribution < -0.4 is 10.6 Å². The van der Waals surface area contributed by atoms with Gasteiger partial charge in [-0.3, -0.25) is 9.78 Å². The summed E-state index contributed by atoms with van der Waals surface area (Å²) in [5, 5.41) is 5.59. The first-order valence-corrected chi connectivity index (χ1v) is 8.10. The Labute approximate surface area is 145 Å². The number of benzene rings is 1. The predicted octanol–water partition coefficient (Wildman–Crippen LogP) is 1.59. The van der Waals surface area contributed by atoms with Crippen LogP contribution in [0.4, 0.5) is 9.18 Å². The summed E-state index contributed by atoms with van der Waals surface area (Å²) in [6.07, 6.45) is 3.54. The van der Waals surface area contributed by atoms with Gasteiger partial charge in [-0.1, -0.05) is 12.1 Å². The van der Waals surface area contributed by atoms with E-state index in [1.807, 2.05) is 6.07 Å². The van der Waals surface area contributed by atoms with Gasteiger partial charge in [0.15, 0.2) is 0 Å². The van der Waals surface area contributed by atoms with Crippen LogP contribution in [0.25, 0.3) is 0 Å². The number of hydrogen-bond acceptors (Lipinski definition) is 3. The minimum atomic E-state index is -0.318. The van der Waals surface area contributed by atoms with Crippen molar-refractivity contribution in [3.05, 3.63) is 65.7 Å². The van der Waals surface area contributed by atoms with Crippen LogP contribution in [0.5, 0.6) is 0 Å². The molecular formula is C18H19FN4O2. The summed E-state index contributed by atoms with van der Waals surface area (Å²) in [5.74, 6) is -0.571. The van der Waals surface area contributed by atoms with E-state index in [4.69, 9.17) is 0 Å². The molecule has 7 heteroatoms. The third-order valence-corrected chi connectivity index (χ3v) is 4.11. The fourth-order valence-electron chi connectivity index (χ4n) is 2.87. The predicted molar refractivity (Wildman–Crippen MR) is 90.6 cm³/mol. The molecule has 0 spiro atoms. The Morgan fingerprint density at radius 1 is 1.36 bits per heavy atom. The van der Waals surface area contributed by atoms with Gasteiger partial charge >= 0.3 is 6.03 Å². The number of rotatable bonds is 6. The van der Waals surface area contributed by atoms with E-state index < -0.39 is 0 Å². The molecule has 1 aromatic heterocycles. The van der Waals surface area contributed by atoms with Crippen LogP contribution >= 0.6 is 0 Å². The summed E-state index contributed by atoms with van der Waals surface area (Å²) < 4.78 is 13.4. The van der Waals surface area contributed by atoms with E-state index in [1.54, 1.807) is 29.3 Å². The number of nitrogens with one attached hydrogen (secondary N) is 2. The molecule has 1 atom stereocenters. The maximum absolute atomic E-state index is 13.4. The van der Waals surface area contributed by atoms with Gasteiger partial charge in [0.2, 0.25) is 0 Å². The minimum absolute atomic E-state index is 0.169. The Morgan fingerprint density at radius 2 is 2.24 bits per heavy atom. The van der Waals surface area contributed by atoms with Gasteiger partial charge in [0, 0.05) is 32.0 Å². The maximum Gasteiger partial charge on any atom is 0.317 e. The summed E-state index contributed by atoms with van der Waals surface area (Å²) in [7, 11) is 0. The molecule has 2 N–H and O–H groups in total. The van der Waals surface area contributed by atoms with Crippen LogP contribution in [0.15, 0.2) is 48.8 Å². The first-order valence-electron chi connectivity index (χ1n) is 8.10. The van der Waals surface area contributed by atoms with Crippen molar-refractivity contribution >= 4 is 11.9 Å². The molecule has 2 aromatic rings. The number of halogens is 1. The largest absolute Gasteiger partial charge is 0.350 e. The van der Waals surface area contributed by atoms with Crippen molar-refractivity contribution in [2.75, 3.05) is 19.6 Å². The number of aromatic nitrogens is 1. The highest BCUT2D eigenvalue weighted by Crippen LogP contribution is 2.13. The van der Waals surface area contributed by atoms with Crippen molar-refractivity contribution in [2.24, 2.45) is 0 Å². The first kappa shape index (κ1) is 16.9. The van der Waals surface area contributed by atoms with Crippen molar-refractivity contribution in [1.82, 2.24) is 20.5 Å². The van der Waals surface area contributed by atoms with Gasteiger partial charge in [-0.25, -0.2) is 9.18 Å². The molecule has 1 aliphatic heterocycles. The fourth-order valence-corrected chi connectivity index (χ4v) is 2.87. The van der Waals surface area contributed by atoms with Crippen LogP contribution in [0.3, 0.4) is 0 Å². The minimum Gasteiger partial charge on any atom is -0.350 e. The molecule has 0 bridgehead atoms. The molecule has 0 saturated carbocycles. The van der Waals surface area contributed by atoms with E-state index in [0.717, 1.165) is 5.56 Å². The molecule has 0 unspecified atom stereocenters. The zero-order valence-electron chi connectivity index (χ0n) is 13.6. The number of nitrogens with zero attached hydrogens (tertiary/aromatic N) is 2. The standard InChI is InChI=1S/C18H19FN4O2/c19-15-5-1-3-13(9-15)10-16(23-8-7-21-18(23)25)12-22-17(24)14-4-2-6-20-11-14/h1-6,9,11,16H,7-8,10,12H2,(H,21,25)(H,22,24)/t16-/m1/s1. The van der Waals surface area contributed by atoms with Crippen LogP contribution in [-0.2, 0) is 6.42 Å². The number of pyridine rings is 1. The lowest BCUT2D eigenvalue weighted by atomic mass is 10.0. The molecule has 3 amide bonds. The third-order valence-electron chi connectivity index (χ3n) is 4.11. The lowest BCUT2D eigenvalue weighted by Crippen LogP contribution is -2.46. The van der Waals surface area contributed by atoms with E-state index in [0.29, 0.717) is 25.1 Å². The average molecular weight is 342 g/mol. The monoisotopic (exact) mass is 342 g/mol. The van der Waals surface area contributed by atoms with Gasteiger partial charge < -0.3 is 15.5 Å². The van der Waals surface area contributed by atoms with Gasteiger partial charge in [-0.05, 0) is 36.2 Å². The summed E-state index contributed by atoms with van der Waals surface area (Å²) >= 11 is 0. The van der Waals surface area contributed by atoms with Crippen LogP contribution in [0.2, 0.25) is 0 Å². The lowest BCUT2D eigenvalue weighted by molar-refractivity contribution is 0.0940. The van der Waals surface area contributed by atoms with Gasteiger partial charge in [-0.15, -0.1) is 0 Å². The molecule has 0 radical (unpaired) electrons. The molecule has 6 nitrogen and oxygen atoms in total. The van der Waals surface area contributed by atoms with Crippen molar-refractivity contribution < 1.29 is 14.0 Å². The Kier molecular flexibility index (Phi) is 5.23. The van der Waals surface area contributed by atoms with Gasteiger partial charge in [0.05, 0.1) is 11.6 Å². The van der Waals surface area contributed by atoms with E-state index in [1.165, 1.54) is 18.3 Å². The van der Waals surface area contributed by atoms with E-state index >= 15 is 0 Å². The summed E-state index contributed by atoms with van der Waals surface area (Å²) in [6.45, 7) is 1.40. The van der Waals surface area contributed by atoms with Crippen LogP contribution in [0, 0.1) is 5.82 Å². The topological polar surface area (TPSA) is 74.3 Å². The highest BCUT2D eigenvalue weighted by atomic mass is 19.1. The number of amides is 3. The Hall–Kier alpha value is -2.96. The van der Waals surface area contributed by atoms with E-state index in [2.05, 4.69) is 15.6 Å². The normalized spacial score (nSPS) is 14.9. The van der Waals surface area contributed by atoms with Crippen molar-refractivity contribution in [3.63, 3.8) is 0 Å². The zero-order valence-corrected chi connectivity index (χ0v) is 13.6.